The standard InChI is InChI=1S/C4H5IN4/c5-3-1-7-4(9-6)8-2-3/h1-2H,6H2,(H,7,8,9). The maximum absolute atomic E-state index is 5.02. The van der Waals surface area contributed by atoms with Gasteiger partial charge in [0, 0.05) is 16.0 Å². The molecule has 1 rings (SSSR count). The average Bonchev–Trinajstić information content (AvgIpc) is 1.90. The van der Waals surface area contributed by atoms with Crippen LogP contribution in [0.15, 0.2) is 12.4 Å². The van der Waals surface area contributed by atoms with Gasteiger partial charge in [-0.25, -0.2) is 15.8 Å². The van der Waals surface area contributed by atoms with Gasteiger partial charge in [0.15, 0.2) is 0 Å². The largest absolute Gasteiger partial charge is 0.292 e. The van der Waals surface area contributed by atoms with Crippen molar-refractivity contribution in [2.45, 2.75) is 0 Å². The summed E-state index contributed by atoms with van der Waals surface area (Å²) in [6.45, 7) is 0. The van der Waals surface area contributed by atoms with Gasteiger partial charge in [-0.05, 0) is 22.6 Å². The zero-order chi connectivity index (χ0) is 6.69. The van der Waals surface area contributed by atoms with Gasteiger partial charge in [-0.1, -0.05) is 0 Å². The molecule has 0 aliphatic rings. The minimum atomic E-state index is 0.440. The third-order valence-electron chi connectivity index (χ3n) is 0.749. The van der Waals surface area contributed by atoms with Crippen LogP contribution in [0.25, 0.3) is 0 Å². The molecule has 0 aromatic carbocycles. The molecule has 0 amide bonds. The van der Waals surface area contributed by atoms with Gasteiger partial charge in [-0.2, -0.15) is 0 Å². The van der Waals surface area contributed by atoms with E-state index in [0.717, 1.165) is 3.57 Å². The summed E-state index contributed by atoms with van der Waals surface area (Å²) in [5.74, 6) is 5.46. The van der Waals surface area contributed by atoms with Gasteiger partial charge in [0.2, 0.25) is 5.95 Å². The van der Waals surface area contributed by atoms with Crippen LogP contribution in [0.2, 0.25) is 0 Å². The Balaban J connectivity index is 2.88. The van der Waals surface area contributed by atoms with E-state index in [9.17, 15) is 0 Å². The van der Waals surface area contributed by atoms with Gasteiger partial charge in [0.25, 0.3) is 0 Å². The van der Waals surface area contributed by atoms with Crippen LogP contribution < -0.4 is 11.3 Å². The molecule has 3 N–H and O–H groups in total. The third-order valence-corrected chi connectivity index (χ3v) is 1.31. The van der Waals surface area contributed by atoms with Crippen LogP contribution in [0.4, 0.5) is 5.95 Å². The number of hydrogen-bond donors (Lipinski definition) is 2. The Labute approximate surface area is 66.0 Å². The lowest BCUT2D eigenvalue weighted by molar-refractivity contribution is 1.11. The fourth-order valence-corrected chi connectivity index (χ4v) is 0.665. The fraction of sp³-hybridized carbons (Fsp3) is 0. The predicted molar refractivity (Wildman–Crippen MR) is 42.6 cm³/mol. The molecule has 0 aliphatic heterocycles. The highest BCUT2D eigenvalue weighted by molar-refractivity contribution is 14.1. The maximum Gasteiger partial charge on any atom is 0.237 e. The van der Waals surface area contributed by atoms with Crippen molar-refractivity contribution in [2.24, 2.45) is 5.84 Å². The monoisotopic (exact) mass is 236 g/mol. The van der Waals surface area contributed by atoms with Crippen LogP contribution in [0.3, 0.4) is 0 Å². The van der Waals surface area contributed by atoms with Crippen molar-refractivity contribution in [3.8, 4) is 0 Å². The van der Waals surface area contributed by atoms with E-state index in [1.165, 1.54) is 0 Å². The van der Waals surface area contributed by atoms with Crippen LogP contribution in [-0.4, -0.2) is 9.97 Å². The third kappa shape index (κ3) is 1.75. The Hall–Kier alpha value is -0.430. The molecule has 1 aromatic heterocycles. The van der Waals surface area contributed by atoms with Gasteiger partial charge in [0.05, 0.1) is 0 Å². The summed E-state index contributed by atoms with van der Waals surface area (Å²) < 4.78 is 0.992. The van der Waals surface area contributed by atoms with E-state index in [0.29, 0.717) is 5.95 Å². The summed E-state index contributed by atoms with van der Waals surface area (Å²) in [6, 6.07) is 0. The van der Waals surface area contributed by atoms with E-state index < -0.39 is 0 Å². The molecule has 0 unspecified atom stereocenters. The van der Waals surface area contributed by atoms with Crippen LogP contribution in [0.1, 0.15) is 0 Å². The van der Waals surface area contributed by atoms with E-state index >= 15 is 0 Å². The molecular formula is C4H5IN4. The number of hydrazine groups is 1. The molecule has 5 heteroatoms. The van der Waals surface area contributed by atoms with Crippen molar-refractivity contribution < 1.29 is 0 Å². The summed E-state index contributed by atoms with van der Waals surface area (Å²) in [5.41, 5.74) is 2.33. The molecule has 4 nitrogen and oxygen atoms in total. The molecule has 0 fully saturated rings. The highest BCUT2D eigenvalue weighted by atomic mass is 127. The van der Waals surface area contributed by atoms with E-state index in [-0.39, 0.29) is 0 Å². The number of aromatic nitrogens is 2. The minimum Gasteiger partial charge on any atom is -0.292 e. The molecule has 0 saturated heterocycles. The summed E-state index contributed by atoms with van der Waals surface area (Å²) in [5, 5.41) is 0. The van der Waals surface area contributed by atoms with Gasteiger partial charge >= 0.3 is 0 Å². The van der Waals surface area contributed by atoms with Crippen molar-refractivity contribution in [1.29, 1.82) is 0 Å². The lowest BCUT2D eigenvalue weighted by Gasteiger charge is -1.93. The van der Waals surface area contributed by atoms with Crippen molar-refractivity contribution in [3.63, 3.8) is 0 Å². The summed E-state index contributed by atoms with van der Waals surface area (Å²) in [4.78, 5) is 7.68. The number of anilines is 1. The number of nitrogen functional groups attached to an aromatic ring is 1. The molecule has 0 spiro atoms. The SMILES string of the molecule is NNc1ncc(I)cn1. The Morgan fingerprint density at radius 3 is 2.44 bits per heavy atom. The molecule has 0 radical (unpaired) electrons. The number of halogens is 1. The van der Waals surface area contributed by atoms with Gasteiger partial charge in [-0.15, -0.1) is 0 Å². The molecular weight excluding hydrogens is 231 g/mol. The first-order chi connectivity index (χ1) is 4.33. The second-order valence-corrected chi connectivity index (χ2v) is 2.61. The molecule has 9 heavy (non-hydrogen) atoms. The number of nitrogens with two attached hydrogens (primary N) is 1. The molecule has 1 aromatic rings. The van der Waals surface area contributed by atoms with E-state index in [1.807, 2.05) is 0 Å². The number of nitrogens with zero attached hydrogens (tertiary/aromatic N) is 2. The van der Waals surface area contributed by atoms with Gasteiger partial charge < -0.3 is 0 Å². The molecule has 48 valence electrons. The van der Waals surface area contributed by atoms with E-state index in [1.54, 1.807) is 12.4 Å². The second-order valence-electron chi connectivity index (χ2n) is 1.37. The number of rotatable bonds is 1. The summed E-state index contributed by atoms with van der Waals surface area (Å²) >= 11 is 2.12. The summed E-state index contributed by atoms with van der Waals surface area (Å²) in [6.07, 6.45) is 3.37. The van der Waals surface area contributed by atoms with Crippen LogP contribution in [-0.2, 0) is 0 Å². The van der Waals surface area contributed by atoms with Crippen LogP contribution in [0.5, 0.6) is 0 Å². The number of nitrogens with one attached hydrogen (secondary N) is 1. The lowest BCUT2D eigenvalue weighted by Crippen LogP contribution is -2.09. The van der Waals surface area contributed by atoms with Gasteiger partial charge in [0.1, 0.15) is 0 Å². The molecule has 0 saturated carbocycles. The smallest absolute Gasteiger partial charge is 0.237 e. The van der Waals surface area contributed by atoms with Crippen molar-refractivity contribution in [1.82, 2.24) is 9.97 Å². The summed E-state index contributed by atoms with van der Waals surface area (Å²) in [7, 11) is 0. The van der Waals surface area contributed by atoms with E-state index in [4.69, 9.17) is 5.84 Å². The molecule has 0 aliphatic carbocycles. The normalized spacial score (nSPS) is 9.11. The Morgan fingerprint density at radius 1 is 1.44 bits per heavy atom. The second kappa shape index (κ2) is 2.92. The van der Waals surface area contributed by atoms with Crippen molar-refractivity contribution >= 4 is 28.5 Å². The highest BCUT2D eigenvalue weighted by Crippen LogP contribution is 2.00. The van der Waals surface area contributed by atoms with Gasteiger partial charge in [-0.3, -0.25) is 5.43 Å². The highest BCUT2D eigenvalue weighted by Gasteiger charge is 1.88. The first-order valence-corrected chi connectivity index (χ1v) is 3.35. The molecule has 0 atom stereocenters. The Bertz CT molecular complexity index is 184. The van der Waals surface area contributed by atoms with E-state index in [2.05, 4.69) is 38.0 Å². The van der Waals surface area contributed by atoms with Crippen molar-refractivity contribution in [2.75, 3.05) is 5.43 Å². The minimum absolute atomic E-state index is 0.440. The molecule has 1 heterocycles. The van der Waals surface area contributed by atoms with Crippen LogP contribution >= 0.6 is 22.6 Å². The molecule has 0 bridgehead atoms. The average molecular weight is 236 g/mol. The van der Waals surface area contributed by atoms with Crippen molar-refractivity contribution in [3.05, 3.63) is 16.0 Å². The topological polar surface area (TPSA) is 63.8 Å². The van der Waals surface area contributed by atoms with Crippen LogP contribution in [0, 0.1) is 3.57 Å². The maximum atomic E-state index is 5.02. The first-order valence-electron chi connectivity index (χ1n) is 2.27. The zero-order valence-corrected chi connectivity index (χ0v) is 6.66. The Kier molecular flexibility index (Phi) is 2.17. The fourth-order valence-electron chi connectivity index (χ4n) is 0.387. The zero-order valence-electron chi connectivity index (χ0n) is 4.50. The first kappa shape index (κ1) is 6.69. The Morgan fingerprint density at radius 2 is 2.00 bits per heavy atom. The predicted octanol–water partition coefficient (Wildman–Crippen LogP) is 0.367. The quantitative estimate of drug-likeness (QED) is 0.420. The lowest BCUT2D eigenvalue weighted by atomic mass is 10.7. The number of hydrogen-bond acceptors (Lipinski definition) is 4.